The van der Waals surface area contributed by atoms with Gasteiger partial charge in [0.1, 0.15) is 0 Å². The van der Waals surface area contributed by atoms with Gasteiger partial charge in [-0.05, 0) is 48.5 Å². The first kappa shape index (κ1) is 22.4. The van der Waals surface area contributed by atoms with Gasteiger partial charge < -0.3 is 5.32 Å². The Morgan fingerprint density at radius 2 is 1.30 bits per heavy atom. The number of hydrogen-bond acceptors (Lipinski definition) is 6. The van der Waals surface area contributed by atoms with Crippen LogP contribution in [0.1, 0.15) is 6.92 Å². The smallest absolute Gasteiger partial charge is 0.277 e. The van der Waals surface area contributed by atoms with Crippen LogP contribution in [-0.2, 0) is 24.8 Å². The summed E-state index contributed by atoms with van der Waals surface area (Å²) < 4.78 is 55.3. The molecule has 4 aromatic rings. The molecule has 0 aliphatic rings. The predicted octanol–water partition coefficient (Wildman–Crippen LogP) is 3.78. The van der Waals surface area contributed by atoms with Gasteiger partial charge in [0.2, 0.25) is 5.91 Å². The second-order valence-corrected chi connectivity index (χ2v) is 10.9. The molecule has 0 aliphatic carbocycles. The van der Waals surface area contributed by atoms with Crippen molar-refractivity contribution in [3.8, 4) is 0 Å². The van der Waals surface area contributed by atoms with E-state index in [1.54, 1.807) is 24.3 Å². The van der Waals surface area contributed by atoms with E-state index in [4.69, 9.17) is 0 Å². The maximum absolute atomic E-state index is 13.7. The average Bonchev–Trinajstić information content (AvgIpc) is 2.81. The molecule has 1 amide bonds. The Labute approximate surface area is 191 Å². The molecule has 0 aliphatic heterocycles. The minimum atomic E-state index is -4.56. The average molecular weight is 482 g/mol. The highest BCUT2D eigenvalue weighted by atomic mass is 32.3. The number of sulfonamides is 2. The zero-order chi connectivity index (χ0) is 23.6. The molecule has 1 aromatic heterocycles. The zero-order valence-corrected chi connectivity index (χ0v) is 19.0. The standard InChI is InChI=1S/C23H19N3O5S2/c1-17(27)25-21-14-15-22(20-13-8-16-24-23(20)21)26(32(28,29)18-9-4-2-5-10-18)33(30,31)19-11-6-3-7-12-19/h2-16H,1H3,(H,25,27). The van der Waals surface area contributed by atoms with Crippen LogP contribution in [0.5, 0.6) is 0 Å². The summed E-state index contributed by atoms with van der Waals surface area (Å²) >= 11 is 0. The van der Waals surface area contributed by atoms with Gasteiger partial charge >= 0.3 is 0 Å². The van der Waals surface area contributed by atoms with Crippen molar-refractivity contribution in [2.75, 3.05) is 9.03 Å². The van der Waals surface area contributed by atoms with Crippen LogP contribution >= 0.6 is 0 Å². The highest BCUT2D eigenvalue weighted by Crippen LogP contribution is 2.37. The van der Waals surface area contributed by atoms with E-state index in [2.05, 4.69) is 10.3 Å². The van der Waals surface area contributed by atoms with E-state index in [0.717, 1.165) is 0 Å². The molecule has 0 saturated heterocycles. The largest absolute Gasteiger partial charge is 0.324 e. The minimum Gasteiger partial charge on any atom is -0.324 e. The van der Waals surface area contributed by atoms with Gasteiger partial charge in [-0.2, -0.15) is 3.71 Å². The number of amides is 1. The maximum Gasteiger partial charge on any atom is 0.277 e. The summed E-state index contributed by atoms with van der Waals surface area (Å²) in [4.78, 5) is 15.5. The number of benzene rings is 3. The van der Waals surface area contributed by atoms with Crippen LogP contribution in [0.15, 0.2) is 101 Å². The molecule has 0 radical (unpaired) electrons. The molecule has 1 heterocycles. The van der Waals surface area contributed by atoms with Crippen LogP contribution < -0.4 is 9.03 Å². The Bertz CT molecular complexity index is 1470. The molecule has 0 atom stereocenters. The Hall–Kier alpha value is -3.76. The Morgan fingerprint density at radius 3 is 1.82 bits per heavy atom. The third-order valence-corrected chi connectivity index (χ3v) is 8.95. The monoisotopic (exact) mass is 481 g/mol. The fraction of sp³-hybridized carbons (Fsp3) is 0.0435. The third-order valence-electron chi connectivity index (χ3n) is 4.77. The van der Waals surface area contributed by atoms with Crippen molar-refractivity contribution in [2.45, 2.75) is 16.7 Å². The van der Waals surface area contributed by atoms with Crippen molar-refractivity contribution in [1.29, 1.82) is 0 Å². The van der Waals surface area contributed by atoms with Gasteiger partial charge in [-0.25, -0.2) is 16.8 Å². The predicted molar refractivity (Wildman–Crippen MR) is 126 cm³/mol. The molecule has 0 bridgehead atoms. The molecule has 0 unspecified atom stereocenters. The number of pyridine rings is 1. The number of nitrogens with zero attached hydrogens (tertiary/aromatic N) is 2. The summed E-state index contributed by atoms with van der Waals surface area (Å²) in [6, 6.07) is 20.5. The molecule has 4 rings (SSSR count). The summed E-state index contributed by atoms with van der Waals surface area (Å²) in [5.41, 5.74) is 0.470. The highest BCUT2D eigenvalue weighted by molar-refractivity contribution is 8.10. The van der Waals surface area contributed by atoms with Gasteiger partial charge in [0.25, 0.3) is 20.0 Å². The van der Waals surface area contributed by atoms with Gasteiger partial charge in [0, 0.05) is 18.5 Å². The fourth-order valence-electron chi connectivity index (χ4n) is 3.37. The number of carbonyl (C=O) groups excluding carboxylic acids is 1. The number of aromatic nitrogens is 1. The van der Waals surface area contributed by atoms with Crippen molar-refractivity contribution in [3.63, 3.8) is 0 Å². The molecular weight excluding hydrogens is 462 g/mol. The number of fused-ring (bicyclic) bond motifs is 1. The third kappa shape index (κ3) is 4.18. The normalized spacial score (nSPS) is 11.8. The van der Waals surface area contributed by atoms with E-state index in [9.17, 15) is 21.6 Å². The van der Waals surface area contributed by atoms with E-state index < -0.39 is 20.0 Å². The van der Waals surface area contributed by atoms with Crippen molar-refractivity contribution in [3.05, 3.63) is 91.1 Å². The molecule has 1 N–H and O–H groups in total. The number of rotatable bonds is 6. The molecule has 3 aromatic carbocycles. The van der Waals surface area contributed by atoms with E-state index in [0.29, 0.717) is 9.40 Å². The number of hydrogen-bond donors (Lipinski definition) is 1. The first-order valence-electron chi connectivity index (χ1n) is 9.79. The van der Waals surface area contributed by atoms with Crippen molar-refractivity contribution in [2.24, 2.45) is 0 Å². The lowest BCUT2D eigenvalue weighted by molar-refractivity contribution is -0.114. The molecule has 33 heavy (non-hydrogen) atoms. The van der Waals surface area contributed by atoms with E-state index >= 15 is 0 Å². The quantitative estimate of drug-likeness (QED) is 0.448. The maximum atomic E-state index is 13.7. The minimum absolute atomic E-state index is 0.111. The topological polar surface area (TPSA) is 114 Å². The van der Waals surface area contributed by atoms with Crippen LogP contribution in [-0.4, -0.2) is 27.7 Å². The molecule has 0 spiro atoms. The second kappa shape index (κ2) is 8.64. The van der Waals surface area contributed by atoms with E-state index in [-0.39, 0.29) is 32.3 Å². The van der Waals surface area contributed by atoms with Crippen molar-refractivity contribution in [1.82, 2.24) is 4.98 Å². The van der Waals surface area contributed by atoms with Gasteiger partial charge in [-0.3, -0.25) is 9.78 Å². The second-order valence-electron chi connectivity index (χ2n) is 7.05. The molecule has 10 heteroatoms. The molecule has 0 fully saturated rings. The first-order chi connectivity index (χ1) is 15.7. The Kier molecular flexibility index (Phi) is 5.88. The molecule has 0 saturated carbocycles. The van der Waals surface area contributed by atoms with Gasteiger partial charge in [-0.15, -0.1) is 0 Å². The molecule has 8 nitrogen and oxygen atoms in total. The lowest BCUT2D eigenvalue weighted by atomic mass is 10.1. The highest BCUT2D eigenvalue weighted by Gasteiger charge is 2.38. The zero-order valence-electron chi connectivity index (χ0n) is 17.4. The van der Waals surface area contributed by atoms with E-state index in [1.165, 1.54) is 73.8 Å². The lowest BCUT2D eigenvalue weighted by Gasteiger charge is -2.25. The fourth-order valence-corrected chi connectivity index (χ4v) is 7.14. The summed E-state index contributed by atoms with van der Waals surface area (Å²) in [5, 5.41) is 2.87. The van der Waals surface area contributed by atoms with Crippen LogP contribution in [0.3, 0.4) is 0 Å². The summed E-state index contributed by atoms with van der Waals surface area (Å²) in [7, 11) is -9.11. The van der Waals surface area contributed by atoms with Crippen LogP contribution in [0.4, 0.5) is 11.4 Å². The lowest BCUT2D eigenvalue weighted by Crippen LogP contribution is -2.37. The first-order valence-corrected chi connectivity index (χ1v) is 12.7. The number of nitrogens with one attached hydrogen (secondary N) is 1. The SMILES string of the molecule is CC(=O)Nc1ccc(N(S(=O)(=O)c2ccccc2)S(=O)(=O)c2ccccc2)c2cccnc12. The van der Waals surface area contributed by atoms with Crippen LogP contribution in [0, 0.1) is 0 Å². The summed E-state index contributed by atoms with van der Waals surface area (Å²) in [6.45, 7) is 1.33. The molecule has 168 valence electrons. The van der Waals surface area contributed by atoms with Crippen molar-refractivity contribution >= 4 is 48.2 Å². The summed E-state index contributed by atoms with van der Waals surface area (Å²) in [5.74, 6) is -0.347. The molecular formula is C23H19N3O5S2. The van der Waals surface area contributed by atoms with Crippen LogP contribution in [0.25, 0.3) is 10.9 Å². The van der Waals surface area contributed by atoms with Gasteiger partial charge in [0.15, 0.2) is 0 Å². The van der Waals surface area contributed by atoms with Gasteiger partial charge in [-0.1, -0.05) is 36.4 Å². The summed E-state index contributed by atoms with van der Waals surface area (Å²) in [6.07, 6.45) is 1.47. The Morgan fingerprint density at radius 1 is 0.758 bits per heavy atom. The van der Waals surface area contributed by atoms with Crippen LogP contribution in [0.2, 0.25) is 0 Å². The van der Waals surface area contributed by atoms with Gasteiger partial charge in [0.05, 0.1) is 26.7 Å². The number of anilines is 2. The number of carbonyl (C=O) groups is 1. The van der Waals surface area contributed by atoms with E-state index in [1.807, 2.05) is 0 Å². The van der Waals surface area contributed by atoms with Crippen molar-refractivity contribution < 1.29 is 21.6 Å². The Balaban J connectivity index is 2.05.